The fourth-order valence-corrected chi connectivity index (χ4v) is 3.50. The van der Waals surface area contributed by atoms with Gasteiger partial charge in [0.2, 0.25) is 0 Å². The Balaban J connectivity index is 1.53. The monoisotopic (exact) mass is 395 g/mol. The molecule has 1 fully saturated rings. The van der Waals surface area contributed by atoms with E-state index in [1.807, 2.05) is 19.9 Å². The summed E-state index contributed by atoms with van der Waals surface area (Å²) in [5.74, 6) is 0.0672. The summed E-state index contributed by atoms with van der Waals surface area (Å²) in [4.78, 5) is 35.5. The Hall–Kier alpha value is -3.42. The number of hydrogen-bond acceptors (Lipinski definition) is 7. The van der Waals surface area contributed by atoms with Crippen LogP contribution in [0.2, 0.25) is 0 Å². The number of methoxy groups -OCH3 is 1. The van der Waals surface area contributed by atoms with Crippen LogP contribution < -0.4 is 15.1 Å². The Kier molecular flexibility index (Phi) is 4.92. The molecule has 2 aromatic heterocycles. The minimum absolute atomic E-state index is 0.00551. The van der Waals surface area contributed by atoms with Crippen molar-refractivity contribution in [3.63, 3.8) is 0 Å². The van der Waals surface area contributed by atoms with Crippen LogP contribution in [0.3, 0.4) is 0 Å². The van der Waals surface area contributed by atoms with E-state index < -0.39 is 5.63 Å². The van der Waals surface area contributed by atoms with Crippen LogP contribution in [0.4, 0.5) is 0 Å². The van der Waals surface area contributed by atoms with Gasteiger partial charge in [-0.05, 0) is 32.0 Å². The number of aryl methyl sites for hydroxylation is 2. The molecule has 150 valence electrons. The van der Waals surface area contributed by atoms with E-state index in [1.54, 1.807) is 29.2 Å². The summed E-state index contributed by atoms with van der Waals surface area (Å²) >= 11 is 0. The molecular weight excluding hydrogens is 374 g/mol. The van der Waals surface area contributed by atoms with Gasteiger partial charge in [0, 0.05) is 29.7 Å². The van der Waals surface area contributed by atoms with Gasteiger partial charge in [-0.1, -0.05) is 12.1 Å². The van der Waals surface area contributed by atoms with Crippen molar-refractivity contribution in [2.45, 2.75) is 26.4 Å². The molecule has 1 amide bonds. The van der Waals surface area contributed by atoms with Gasteiger partial charge >= 0.3 is 11.6 Å². The highest BCUT2D eigenvalue weighted by atomic mass is 16.5. The summed E-state index contributed by atoms with van der Waals surface area (Å²) in [7, 11) is 1.50. The van der Waals surface area contributed by atoms with Crippen molar-refractivity contribution in [1.82, 2.24) is 14.9 Å². The van der Waals surface area contributed by atoms with Gasteiger partial charge in [0.05, 0.1) is 13.7 Å². The Bertz CT molecular complexity index is 1120. The number of nitrogens with zero attached hydrogens (tertiary/aromatic N) is 3. The zero-order valence-corrected chi connectivity index (χ0v) is 16.5. The number of carbonyl (C=O) groups excluding carboxylic acids is 1. The van der Waals surface area contributed by atoms with Gasteiger partial charge < -0.3 is 18.8 Å². The van der Waals surface area contributed by atoms with E-state index in [0.29, 0.717) is 42.2 Å². The van der Waals surface area contributed by atoms with E-state index in [4.69, 9.17) is 13.9 Å². The van der Waals surface area contributed by atoms with Gasteiger partial charge in [-0.2, -0.15) is 0 Å². The third-order valence-electron chi connectivity index (χ3n) is 4.84. The maximum atomic E-state index is 12.9. The minimum Gasteiger partial charge on any atom is -0.493 e. The van der Waals surface area contributed by atoms with Crippen LogP contribution >= 0.6 is 0 Å². The van der Waals surface area contributed by atoms with Crippen LogP contribution in [-0.4, -0.2) is 47.1 Å². The van der Waals surface area contributed by atoms with Crippen LogP contribution in [0.1, 0.15) is 28.2 Å². The number of rotatable bonds is 4. The lowest BCUT2D eigenvalue weighted by atomic mass is 10.1. The highest BCUT2D eigenvalue weighted by Crippen LogP contribution is 2.25. The highest BCUT2D eigenvalue weighted by Gasteiger charge is 2.30. The lowest BCUT2D eigenvalue weighted by molar-refractivity contribution is 0.0765. The van der Waals surface area contributed by atoms with E-state index >= 15 is 0 Å². The summed E-state index contributed by atoms with van der Waals surface area (Å²) < 4.78 is 16.4. The second kappa shape index (κ2) is 7.54. The minimum atomic E-state index is -0.686. The first-order valence-corrected chi connectivity index (χ1v) is 9.33. The van der Waals surface area contributed by atoms with Crippen molar-refractivity contribution in [3.05, 3.63) is 57.7 Å². The first-order valence-electron chi connectivity index (χ1n) is 9.33. The first kappa shape index (κ1) is 18.9. The molecular formula is C21H21N3O5. The molecule has 0 N–H and O–H groups in total. The Morgan fingerprint density at radius 2 is 1.97 bits per heavy atom. The number of likely N-dealkylation sites (tertiary alicyclic amines) is 1. The molecule has 0 spiro atoms. The molecule has 4 rings (SSSR count). The van der Waals surface area contributed by atoms with E-state index in [2.05, 4.69) is 9.97 Å². The van der Waals surface area contributed by atoms with Crippen molar-refractivity contribution in [2.24, 2.45) is 0 Å². The van der Waals surface area contributed by atoms with Crippen molar-refractivity contribution in [2.75, 3.05) is 20.2 Å². The van der Waals surface area contributed by atoms with Crippen molar-refractivity contribution in [3.8, 4) is 11.8 Å². The molecule has 1 aromatic carbocycles. The average molecular weight is 395 g/mol. The Morgan fingerprint density at radius 1 is 1.21 bits per heavy atom. The number of aromatic nitrogens is 2. The number of ether oxygens (including phenoxy) is 2. The lowest BCUT2D eigenvalue weighted by Gasteiger charge is -2.16. The third-order valence-corrected chi connectivity index (χ3v) is 4.84. The van der Waals surface area contributed by atoms with Gasteiger partial charge in [0.15, 0.2) is 11.3 Å². The molecule has 3 aromatic rings. The van der Waals surface area contributed by atoms with Crippen LogP contribution in [-0.2, 0) is 0 Å². The van der Waals surface area contributed by atoms with Gasteiger partial charge in [0.25, 0.3) is 5.91 Å². The summed E-state index contributed by atoms with van der Waals surface area (Å²) in [5, 5.41) is 0.628. The van der Waals surface area contributed by atoms with E-state index in [1.165, 1.54) is 7.11 Å². The van der Waals surface area contributed by atoms with Gasteiger partial charge in [-0.3, -0.25) is 4.79 Å². The topological polar surface area (TPSA) is 94.8 Å². The normalized spacial score (nSPS) is 16.2. The summed E-state index contributed by atoms with van der Waals surface area (Å²) in [6, 6.07) is 8.96. The van der Waals surface area contributed by atoms with Crippen LogP contribution in [0.25, 0.3) is 11.0 Å². The van der Waals surface area contributed by atoms with Crippen LogP contribution in [0.15, 0.2) is 39.5 Å². The Labute approximate surface area is 167 Å². The maximum absolute atomic E-state index is 12.9. The molecule has 8 nitrogen and oxygen atoms in total. The predicted molar refractivity (Wildman–Crippen MR) is 105 cm³/mol. The molecule has 1 saturated heterocycles. The quantitative estimate of drug-likeness (QED) is 0.627. The van der Waals surface area contributed by atoms with Crippen LogP contribution in [0, 0.1) is 13.8 Å². The predicted octanol–water partition coefficient (Wildman–Crippen LogP) is 2.50. The van der Waals surface area contributed by atoms with Crippen LogP contribution in [0.5, 0.6) is 11.8 Å². The van der Waals surface area contributed by atoms with Gasteiger partial charge in [-0.25, -0.2) is 14.8 Å². The number of benzene rings is 1. The fourth-order valence-electron chi connectivity index (χ4n) is 3.50. The number of hydrogen-bond donors (Lipinski definition) is 0. The SMILES string of the molecule is COc1cccc2cc(C(=O)N3CC[C@H](Oc4nc(C)cc(C)n4)C3)c(=O)oc12. The molecule has 8 heteroatoms. The number of para-hydroxylation sites is 1. The molecule has 29 heavy (non-hydrogen) atoms. The summed E-state index contributed by atoms with van der Waals surface area (Å²) in [6.07, 6.45) is 0.405. The first-order chi connectivity index (χ1) is 13.9. The molecule has 0 saturated carbocycles. The van der Waals surface area contributed by atoms with E-state index in [0.717, 1.165) is 11.4 Å². The molecule has 0 unspecified atom stereocenters. The standard InChI is InChI=1S/C21H21N3O5/c1-12-9-13(2)23-21(22-12)28-15-7-8-24(11-15)19(25)16-10-14-5-4-6-17(27-3)18(14)29-20(16)26/h4-6,9-10,15H,7-8,11H2,1-3H3/t15-/m0/s1. The molecule has 0 bridgehead atoms. The fraction of sp³-hybridized carbons (Fsp3) is 0.333. The molecule has 1 aliphatic rings. The number of amides is 1. The zero-order valence-electron chi connectivity index (χ0n) is 16.5. The molecule has 1 aliphatic heterocycles. The molecule has 0 aliphatic carbocycles. The van der Waals surface area contributed by atoms with Crippen molar-refractivity contribution in [1.29, 1.82) is 0 Å². The van der Waals surface area contributed by atoms with E-state index in [-0.39, 0.29) is 17.6 Å². The molecule has 1 atom stereocenters. The zero-order chi connectivity index (χ0) is 20.5. The summed E-state index contributed by atoms with van der Waals surface area (Å²) in [6.45, 7) is 4.58. The smallest absolute Gasteiger partial charge is 0.349 e. The number of carbonyl (C=O) groups is 1. The van der Waals surface area contributed by atoms with Crippen molar-refractivity contribution >= 4 is 16.9 Å². The van der Waals surface area contributed by atoms with Gasteiger partial charge in [0.1, 0.15) is 11.7 Å². The molecule has 0 radical (unpaired) electrons. The third kappa shape index (κ3) is 3.78. The van der Waals surface area contributed by atoms with Gasteiger partial charge in [-0.15, -0.1) is 0 Å². The van der Waals surface area contributed by atoms with E-state index in [9.17, 15) is 9.59 Å². The van der Waals surface area contributed by atoms with Crippen molar-refractivity contribution < 1.29 is 18.7 Å². The Morgan fingerprint density at radius 3 is 2.69 bits per heavy atom. The summed E-state index contributed by atoms with van der Waals surface area (Å²) in [5.41, 5.74) is 1.28. The lowest BCUT2D eigenvalue weighted by Crippen LogP contribution is -2.34. The maximum Gasteiger partial charge on any atom is 0.349 e. The largest absolute Gasteiger partial charge is 0.493 e. The second-order valence-corrected chi connectivity index (χ2v) is 7.04. The second-order valence-electron chi connectivity index (χ2n) is 7.04. The molecule has 3 heterocycles. The highest BCUT2D eigenvalue weighted by molar-refractivity contribution is 5.97. The average Bonchev–Trinajstić information content (AvgIpc) is 3.14. The number of fused-ring (bicyclic) bond motifs is 1.